The molecule has 0 amide bonds. The molecule has 0 aromatic carbocycles. The topological polar surface area (TPSA) is 47.6 Å². The van der Waals surface area contributed by atoms with Crippen molar-refractivity contribution >= 4 is 5.97 Å². The van der Waals surface area contributed by atoms with Crippen molar-refractivity contribution in [2.24, 2.45) is 0 Å². The Kier molecular flexibility index (Phi) is 8.80. The number of unbranched alkanes of at least 4 members (excludes halogenated alkanes) is 1. The minimum Gasteiger partial charge on any atom is -0.465 e. The lowest BCUT2D eigenvalue weighted by Crippen LogP contribution is -2.50. The first-order valence-electron chi connectivity index (χ1n) is 6.82. The van der Waals surface area contributed by atoms with Gasteiger partial charge in [0.2, 0.25) is 0 Å². The first-order chi connectivity index (χ1) is 9.25. The number of likely N-dealkylation sites (N-methyl/N-ethyl adjacent to an activating group) is 1. The van der Waals surface area contributed by atoms with E-state index < -0.39 is 18.3 Å². The third-order valence-electron chi connectivity index (χ3n) is 2.77. The van der Waals surface area contributed by atoms with Gasteiger partial charge in [0.05, 0.1) is 6.61 Å². The van der Waals surface area contributed by atoms with Crippen LogP contribution in [0.3, 0.4) is 0 Å². The Morgan fingerprint density at radius 1 is 1.20 bits per heavy atom. The normalized spacial score (nSPS) is 14.9. The average molecular weight is 299 g/mol. The monoisotopic (exact) mass is 299 g/mol. The standard InChI is InChI=1S/C13H24F3NO3/c1-4-17-12(3,11(18)20-5-2)8-6-7-9-19-10-13(14,15)16/h17H,4-10H2,1-3H3. The molecule has 1 atom stereocenters. The first kappa shape index (κ1) is 19.2. The van der Waals surface area contributed by atoms with E-state index in [9.17, 15) is 18.0 Å². The van der Waals surface area contributed by atoms with E-state index in [-0.39, 0.29) is 12.6 Å². The Labute approximate surface area is 118 Å². The molecule has 0 spiro atoms. The summed E-state index contributed by atoms with van der Waals surface area (Å²) in [6.07, 6.45) is -2.74. The molecule has 0 rings (SSSR count). The van der Waals surface area contributed by atoms with Crippen molar-refractivity contribution in [1.82, 2.24) is 5.32 Å². The number of ether oxygens (including phenoxy) is 2. The van der Waals surface area contributed by atoms with Crippen LogP contribution in [0.2, 0.25) is 0 Å². The SMILES string of the molecule is CCNC(C)(CCCCOCC(F)(F)F)C(=O)OCC. The highest BCUT2D eigenvalue weighted by molar-refractivity contribution is 5.80. The molecule has 0 aliphatic heterocycles. The van der Waals surface area contributed by atoms with Gasteiger partial charge in [-0.2, -0.15) is 13.2 Å². The van der Waals surface area contributed by atoms with Crippen LogP contribution >= 0.6 is 0 Å². The molecule has 0 aromatic heterocycles. The maximum absolute atomic E-state index is 11.8. The predicted molar refractivity (Wildman–Crippen MR) is 69.4 cm³/mol. The molecule has 20 heavy (non-hydrogen) atoms. The molecular formula is C13H24F3NO3. The molecule has 0 fully saturated rings. The molecule has 0 aromatic rings. The molecule has 0 heterocycles. The lowest BCUT2D eigenvalue weighted by molar-refractivity contribution is -0.174. The van der Waals surface area contributed by atoms with E-state index in [1.165, 1.54) is 0 Å². The smallest absolute Gasteiger partial charge is 0.411 e. The van der Waals surface area contributed by atoms with Crippen LogP contribution < -0.4 is 5.32 Å². The number of rotatable bonds is 10. The van der Waals surface area contributed by atoms with Crippen LogP contribution in [0.5, 0.6) is 0 Å². The molecule has 120 valence electrons. The number of halogens is 3. The molecule has 7 heteroatoms. The molecule has 0 bridgehead atoms. The third-order valence-corrected chi connectivity index (χ3v) is 2.77. The Balaban J connectivity index is 4.00. The Morgan fingerprint density at radius 3 is 2.35 bits per heavy atom. The summed E-state index contributed by atoms with van der Waals surface area (Å²) in [7, 11) is 0. The Hall–Kier alpha value is -0.820. The summed E-state index contributed by atoms with van der Waals surface area (Å²) in [4.78, 5) is 11.8. The minimum absolute atomic E-state index is 0.0323. The predicted octanol–water partition coefficient (Wildman–Crippen LogP) is 2.67. The highest BCUT2D eigenvalue weighted by Gasteiger charge is 2.33. The second-order valence-corrected chi connectivity index (χ2v) is 4.71. The number of alkyl halides is 3. The number of hydrogen-bond acceptors (Lipinski definition) is 4. The van der Waals surface area contributed by atoms with Crippen LogP contribution in [0.25, 0.3) is 0 Å². The van der Waals surface area contributed by atoms with Crippen LogP contribution in [0.15, 0.2) is 0 Å². The first-order valence-corrected chi connectivity index (χ1v) is 6.82. The van der Waals surface area contributed by atoms with Crippen LogP contribution in [0, 0.1) is 0 Å². The number of carbonyl (C=O) groups is 1. The Morgan fingerprint density at radius 2 is 1.85 bits per heavy atom. The van der Waals surface area contributed by atoms with Gasteiger partial charge in [0, 0.05) is 6.61 Å². The van der Waals surface area contributed by atoms with E-state index in [4.69, 9.17) is 4.74 Å². The van der Waals surface area contributed by atoms with Gasteiger partial charge in [-0.25, -0.2) is 0 Å². The molecule has 1 unspecified atom stereocenters. The second-order valence-electron chi connectivity index (χ2n) is 4.71. The molecule has 0 saturated heterocycles. The molecule has 1 N–H and O–H groups in total. The number of esters is 1. The van der Waals surface area contributed by atoms with Gasteiger partial charge >= 0.3 is 12.1 Å². The second kappa shape index (κ2) is 9.18. The number of hydrogen-bond donors (Lipinski definition) is 1. The number of carbonyl (C=O) groups excluding carboxylic acids is 1. The van der Waals surface area contributed by atoms with Gasteiger partial charge in [-0.15, -0.1) is 0 Å². The summed E-state index contributed by atoms with van der Waals surface area (Å²) >= 11 is 0. The fourth-order valence-electron chi connectivity index (χ4n) is 1.81. The van der Waals surface area contributed by atoms with Gasteiger partial charge in [-0.05, 0) is 39.7 Å². The van der Waals surface area contributed by atoms with Crippen molar-refractivity contribution in [3.05, 3.63) is 0 Å². The largest absolute Gasteiger partial charge is 0.465 e. The van der Waals surface area contributed by atoms with E-state index in [0.717, 1.165) is 0 Å². The zero-order valence-electron chi connectivity index (χ0n) is 12.3. The third kappa shape index (κ3) is 8.37. The van der Waals surface area contributed by atoms with Gasteiger partial charge in [0.25, 0.3) is 0 Å². The van der Waals surface area contributed by atoms with Crippen molar-refractivity contribution in [1.29, 1.82) is 0 Å². The molecule has 0 saturated carbocycles. The molecule has 4 nitrogen and oxygen atoms in total. The van der Waals surface area contributed by atoms with Crippen LogP contribution in [-0.4, -0.2) is 44.0 Å². The summed E-state index contributed by atoms with van der Waals surface area (Å²) in [5.41, 5.74) is -0.797. The van der Waals surface area contributed by atoms with Gasteiger partial charge in [-0.3, -0.25) is 4.79 Å². The van der Waals surface area contributed by atoms with E-state index in [1.54, 1.807) is 13.8 Å². The van der Waals surface area contributed by atoms with E-state index in [0.29, 0.717) is 32.4 Å². The highest BCUT2D eigenvalue weighted by Crippen LogP contribution is 2.17. The van der Waals surface area contributed by atoms with Crippen LogP contribution in [0.4, 0.5) is 13.2 Å². The summed E-state index contributed by atoms with van der Waals surface area (Å²) in [6, 6.07) is 0. The lowest BCUT2D eigenvalue weighted by atomic mass is 9.95. The summed E-state index contributed by atoms with van der Waals surface area (Å²) in [5, 5.41) is 3.06. The van der Waals surface area contributed by atoms with Crippen LogP contribution in [-0.2, 0) is 14.3 Å². The van der Waals surface area contributed by atoms with Gasteiger partial charge in [0.1, 0.15) is 12.1 Å². The van der Waals surface area contributed by atoms with E-state index in [2.05, 4.69) is 10.1 Å². The molecule has 0 radical (unpaired) electrons. The highest BCUT2D eigenvalue weighted by atomic mass is 19.4. The fourth-order valence-corrected chi connectivity index (χ4v) is 1.81. The zero-order chi connectivity index (χ0) is 15.6. The minimum atomic E-state index is -4.29. The lowest BCUT2D eigenvalue weighted by Gasteiger charge is -2.28. The summed E-state index contributed by atoms with van der Waals surface area (Å²) < 4.78 is 45.1. The van der Waals surface area contributed by atoms with Crippen LogP contribution in [0.1, 0.15) is 40.0 Å². The van der Waals surface area contributed by atoms with Gasteiger partial charge < -0.3 is 14.8 Å². The van der Waals surface area contributed by atoms with Crippen molar-refractivity contribution in [2.75, 3.05) is 26.4 Å². The van der Waals surface area contributed by atoms with E-state index in [1.807, 2.05) is 6.92 Å². The molecular weight excluding hydrogens is 275 g/mol. The van der Waals surface area contributed by atoms with Crippen molar-refractivity contribution in [3.8, 4) is 0 Å². The zero-order valence-corrected chi connectivity index (χ0v) is 12.3. The van der Waals surface area contributed by atoms with E-state index >= 15 is 0 Å². The van der Waals surface area contributed by atoms with Gasteiger partial charge in [0.15, 0.2) is 0 Å². The summed E-state index contributed by atoms with van der Waals surface area (Å²) in [6.45, 7) is 5.07. The van der Waals surface area contributed by atoms with Crippen molar-refractivity contribution < 1.29 is 27.4 Å². The Bertz CT molecular complexity index is 285. The van der Waals surface area contributed by atoms with Crippen molar-refractivity contribution in [2.45, 2.75) is 51.7 Å². The fraction of sp³-hybridized carbons (Fsp3) is 0.923. The van der Waals surface area contributed by atoms with Crippen molar-refractivity contribution in [3.63, 3.8) is 0 Å². The maximum Gasteiger partial charge on any atom is 0.411 e. The summed E-state index contributed by atoms with van der Waals surface area (Å²) in [5.74, 6) is -0.335. The maximum atomic E-state index is 11.8. The van der Waals surface area contributed by atoms with Gasteiger partial charge in [-0.1, -0.05) is 6.92 Å². The number of nitrogens with one attached hydrogen (secondary N) is 1. The average Bonchev–Trinajstić information content (AvgIpc) is 2.33. The quantitative estimate of drug-likeness (QED) is 0.498. The molecule has 0 aliphatic rings. The molecule has 0 aliphatic carbocycles.